The van der Waals surface area contributed by atoms with Gasteiger partial charge in [0.1, 0.15) is 23.4 Å². The molecule has 2 heterocycles. The number of benzene rings is 1. The van der Waals surface area contributed by atoms with E-state index in [1.165, 1.54) is 0 Å². The van der Waals surface area contributed by atoms with E-state index in [2.05, 4.69) is 31.0 Å². The fourth-order valence-electron chi connectivity index (χ4n) is 1.86. The first-order valence-corrected chi connectivity index (χ1v) is 6.02. The van der Waals surface area contributed by atoms with Gasteiger partial charge in [-0.25, -0.2) is 17.9 Å². The fraction of sp³-hybridized carbons (Fsp3) is 0.182. The van der Waals surface area contributed by atoms with Gasteiger partial charge in [0.15, 0.2) is 5.82 Å². The van der Waals surface area contributed by atoms with Crippen molar-refractivity contribution in [3.05, 3.63) is 29.7 Å². The zero-order valence-corrected chi connectivity index (χ0v) is 10.8. The quantitative estimate of drug-likeness (QED) is 0.754. The first kappa shape index (κ1) is 14.0. The number of nitrogens with zero attached hydrogens (tertiary/aromatic N) is 5. The molecule has 2 aromatic heterocycles. The molecule has 0 radical (unpaired) electrons. The van der Waals surface area contributed by atoms with Crippen molar-refractivity contribution in [3.8, 4) is 0 Å². The highest BCUT2D eigenvalue weighted by molar-refractivity contribution is 6.10. The van der Waals surface area contributed by atoms with Crippen molar-refractivity contribution in [2.75, 3.05) is 5.32 Å². The summed E-state index contributed by atoms with van der Waals surface area (Å²) in [5.74, 6) is -1.40. The smallest absolute Gasteiger partial charge is 0.259 e. The van der Waals surface area contributed by atoms with Crippen molar-refractivity contribution < 1.29 is 18.0 Å². The molecule has 0 aliphatic carbocycles. The van der Waals surface area contributed by atoms with Crippen molar-refractivity contribution in [1.29, 1.82) is 0 Å². The van der Waals surface area contributed by atoms with Crippen LogP contribution in [0.15, 0.2) is 18.3 Å². The van der Waals surface area contributed by atoms with Gasteiger partial charge in [-0.15, -0.1) is 5.10 Å². The van der Waals surface area contributed by atoms with Gasteiger partial charge in [0.2, 0.25) is 0 Å². The fourth-order valence-corrected chi connectivity index (χ4v) is 1.86. The molecule has 0 aliphatic rings. The number of nitrogens with one attached hydrogen (secondary N) is 2. The molecule has 2 N–H and O–H groups in total. The molecule has 1 amide bonds. The predicted molar refractivity (Wildman–Crippen MR) is 67.8 cm³/mol. The topological polar surface area (TPSA) is 101 Å². The number of rotatable bonds is 4. The first-order chi connectivity index (χ1) is 10.5. The Morgan fingerprint density at radius 3 is 2.95 bits per heavy atom. The Labute approximate surface area is 120 Å². The molecule has 0 saturated heterocycles. The maximum Gasteiger partial charge on any atom is 0.259 e. The summed E-state index contributed by atoms with van der Waals surface area (Å²) in [6, 6.07) is 2.11. The van der Waals surface area contributed by atoms with E-state index < -0.39 is 24.7 Å². The van der Waals surface area contributed by atoms with Gasteiger partial charge in [-0.3, -0.25) is 4.79 Å². The molecule has 0 unspecified atom stereocenters. The van der Waals surface area contributed by atoms with E-state index in [1.54, 1.807) is 0 Å². The summed E-state index contributed by atoms with van der Waals surface area (Å²) < 4.78 is 38.7. The highest BCUT2D eigenvalue weighted by Crippen LogP contribution is 2.17. The van der Waals surface area contributed by atoms with E-state index in [4.69, 9.17) is 0 Å². The number of anilines is 1. The van der Waals surface area contributed by atoms with Gasteiger partial charge in [0, 0.05) is 6.07 Å². The normalized spacial score (nSPS) is 11.3. The summed E-state index contributed by atoms with van der Waals surface area (Å²) in [7, 11) is 0. The van der Waals surface area contributed by atoms with Crippen LogP contribution in [0.3, 0.4) is 0 Å². The third-order valence-electron chi connectivity index (χ3n) is 2.74. The lowest BCUT2D eigenvalue weighted by molar-refractivity contribution is 0.102. The number of halogens is 3. The highest BCUT2D eigenvalue weighted by atomic mass is 19.3. The number of hydrogen-bond acceptors (Lipinski definition) is 5. The zero-order chi connectivity index (χ0) is 15.7. The third-order valence-corrected chi connectivity index (χ3v) is 2.74. The van der Waals surface area contributed by atoms with Crippen molar-refractivity contribution in [3.63, 3.8) is 0 Å². The van der Waals surface area contributed by atoms with Crippen LogP contribution in [0.5, 0.6) is 0 Å². The van der Waals surface area contributed by atoms with E-state index >= 15 is 0 Å². The molecule has 11 heteroatoms. The third kappa shape index (κ3) is 2.73. The molecule has 114 valence electrons. The first-order valence-electron chi connectivity index (χ1n) is 6.02. The number of fused-ring (bicyclic) bond motifs is 1. The molecular formula is C11H8F3N7O. The lowest BCUT2D eigenvalue weighted by atomic mass is 10.1. The molecule has 0 spiro atoms. The minimum atomic E-state index is -2.59. The van der Waals surface area contributed by atoms with E-state index in [1.807, 2.05) is 0 Å². The lowest BCUT2D eigenvalue weighted by Gasteiger charge is -2.02. The number of amides is 1. The molecular weight excluding hydrogens is 303 g/mol. The number of carbonyl (C=O) groups excluding carboxylic acids is 1. The molecule has 3 aromatic rings. The van der Waals surface area contributed by atoms with Crippen LogP contribution in [-0.2, 0) is 6.54 Å². The van der Waals surface area contributed by atoms with Crippen molar-refractivity contribution in [2.45, 2.75) is 13.0 Å². The Balaban J connectivity index is 1.84. The van der Waals surface area contributed by atoms with Gasteiger partial charge >= 0.3 is 0 Å². The molecule has 0 bridgehead atoms. The highest BCUT2D eigenvalue weighted by Gasteiger charge is 2.17. The van der Waals surface area contributed by atoms with E-state index in [0.717, 1.165) is 23.0 Å². The average Bonchev–Trinajstić information content (AvgIpc) is 3.06. The van der Waals surface area contributed by atoms with Crippen LogP contribution >= 0.6 is 0 Å². The van der Waals surface area contributed by atoms with Crippen LogP contribution in [0.2, 0.25) is 0 Å². The van der Waals surface area contributed by atoms with Gasteiger partial charge in [-0.05, 0) is 6.07 Å². The van der Waals surface area contributed by atoms with Gasteiger partial charge in [0.05, 0.1) is 11.8 Å². The number of H-pyrrole nitrogens is 1. The molecule has 1 aromatic carbocycles. The standard InChI is InChI=1S/C11H8F3N7O/c12-5-1-6(10-7(2-5)16-19-18-10)11(22)15-9-4-21(20-17-9)3-8(13)14/h1-2,4,8H,3H2,(H,15,22)(H,16,18,19). The second-order valence-electron chi connectivity index (χ2n) is 4.32. The Morgan fingerprint density at radius 1 is 1.36 bits per heavy atom. The second kappa shape index (κ2) is 5.42. The Hall–Kier alpha value is -2.98. The summed E-state index contributed by atoms with van der Waals surface area (Å²) >= 11 is 0. The van der Waals surface area contributed by atoms with Crippen molar-refractivity contribution in [1.82, 2.24) is 30.4 Å². The summed E-state index contributed by atoms with van der Waals surface area (Å²) in [5.41, 5.74) is 0.303. The van der Waals surface area contributed by atoms with Gasteiger partial charge in [0.25, 0.3) is 12.3 Å². The minimum Gasteiger partial charge on any atom is -0.304 e. The maximum absolute atomic E-state index is 13.4. The summed E-state index contributed by atoms with van der Waals surface area (Å²) in [4.78, 5) is 12.1. The average molecular weight is 311 g/mol. The molecule has 3 rings (SSSR count). The number of aromatic nitrogens is 6. The van der Waals surface area contributed by atoms with Gasteiger partial charge < -0.3 is 5.32 Å². The Kier molecular flexibility index (Phi) is 3.45. The largest absolute Gasteiger partial charge is 0.304 e. The molecule has 0 atom stereocenters. The summed E-state index contributed by atoms with van der Waals surface area (Å²) in [5, 5.41) is 19.1. The van der Waals surface area contributed by atoms with Gasteiger partial charge in [-0.2, -0.15) is 15.4 Å². The number of carbonyl (C=O) groups is 1. The summed E-state index contributed by atoms with van der Waals surface area (Å²) in [6.07, 6.45) is -1.45. The van der Waals surface area contributed by atoms with Gasteiger partial charge in [-0.1, -0.05) is 5.21 Å². The monoisotopic (exact) mass is 311 g/mol. The Bertz CT molecular complexity index is 828. The molecule has 0 fully saturated rings. The minimum absolute atomic E-state index is 0.0356. The van der Waals surface area contributed by atoms with E-state index in [-0.39, 0.29) is 22.4 Å². The van der Waals surface area contributed by atoms with Crippen LogP contribution in [0, 0.1) is 5.82 Å². The number of hydrogen-bond donors (Lipinski definition) is 2. The lowest BCUT2D eigenvalue weighted by Crippen LogP contribution is -2.13. The SMILES string of the molecule is O=C(Nc1cn(CC(F)F)nn1)c1cc(F)cc2n[nH]nc12. The second-order valence-corrected chi connectivity index (χ2v) is 4.32. The van der Waals surface area contributed by atoms with Crippen molar-refractivity contribution in [2.24, 2.45) is 0 Å². The Morgan fingerprint density at radius 2 is 2.18 bits per heavy atom. The molecule has 22 heavy (non-hydrogen) atoms. The molecule has 8 nitrogen and oxygen atoms in total. The van der Waals surface area contributed by atoms with Crippen molar-refractivity contribution >= 4 is 22.8 Å². The predicted octanol–water partition coefficient (Wildman–Crippen LogP) is 1.21. The van der Waals surface area contributed by atoms with Crippen LogP contribution in [0.25, 0.3) is 11.0 Å². The number of alkyl halides is 2. The zero-order valence-electron chi connectivity index (χ0n) is 10.8. The summed E-state index contributed by atoms with van der Waals surface area (Å²) in [6.45, 7) is -0.642. The maximum atomic E-state index is 13.4. The van der Waals surface area contributed by atoms with E-state index in [0.29, 0.717) is 0 Å². The van der Waals surface area contributed by atoms with Crippen LogP contribution in [-0.4, -0.2) is 42.7 Å². The van der Waals surface area contributed by atoms with Crippen LogP contribution in [0.1, 0.15) is 10.4 Å². The molecule has 0 saturated carbocycles. The van der Waals surface area contributed by atoms with Crippen LogP contribution < -0.4 is 5.32 Å². The number of aromatic amines is 1. The molecule has 0 aliphatic heterocycles. The van der Waals surface area contributed by atoms with E-state index in [9.17, 15) is 18.0 Å². The van der Waals surface area contributed by atoms with Crippen LogP contribution in [0.4, 0.5) is 19.0 Å².